The summed E-state index contributed by atoms with van der Waals surface area (Å²) in [5.74, 6) is -0.0646. The van der Waals surface area contributed by atoms with Gasteiger partial charge in [-0.3, -0.25) is 9.59 Å². The van der Waals surface area contributed by atoms with E-state index in [1.807, 2.05) is 17.0 Å². The molecular weight excluding hydrogens is 561 g/mol. The predicted octanol–water partition coefficient (Wildman–Crippen LogP) is 7.58. The Labute approximate surface area is 245 Å². The van der Waals surface area contributed by atoms with Crippen molar-refractivity contribution in [3.05, 3.63) is 62.6 Å². The number of carbonyl (C=O) groups is 3. The maximum atomic E-state index is 13.6. The third-order valence-electron chi connectivity index (χ3n) is 7.27. The maximum Gasteiger partial charge on any atom is 0.322 e. The second-order valence-corrected chi connectivity index (χ2v) is 12.2. The van der Waals surface area contributed by atoms with Crippen LogP contribution in [0.1, 0.15) is 68.8 Å². The number of methoxy groups -OCH3 is 1. The molecule has 1 aliphatic carbocycles. The number of amides is 3. The minimum atomic E-state index is -0.385. The number of anilines is 1. The number of hydrogen-bond donors (Lipinski definition) is 2. The molecule has 1 fully saturated rings. The van der Waals surface area contributed by atoms with Crippen molar-refractivity contribution in [2.75, 3.05) is 19.0 Å². The number of esters is 1. The van der Waals surface area contributed by atoms with E-state index in [4.69, 9.17) is 34.8 Å². The normalized spacial score (nSPS) is 17.3. The van der Waals surface area contributed by atoms with E-state index in [0.29, 0.717) is 23.7 Å². The zero-order chi connectivity index (χ0) is 28.7. The summed E-state index contributed by atoms with van der Waals surface area (Å²) in [4.78, 5) is 39.1. The van der Waals surface area contributed by atoms with Crippen molar-refractivity contribution in [1.29, 1.82) is 0 Å². The molecular formula is C29H36Cl3N3O4. The Bertz CT molecular complexity index is 1150. The van der Waals surface area contributed by atoms with Crippen molar-refractivity contribution in [2.45, 2.75) is 65.5 Å². The quantitative estimate of drug-likeness (QED) is 0.243. The molecule has 3 amide bonds. The van der Waals surface area contributed by atoms with Gasteiger partial charge in [-0.1, -0.05) is 67.7 Å². The summed E-state index contributed by atoms with van der Waals surface area (Å²) in [5.41, 5.74) is 2.05. The fourth-order valence-electron chi connectivity index (χ4n) is 4.88. The van der Waals surface area contributed by atoms with Gasteiger partial charge < -0.3 is 20.3 Å². The molecule has 0 aromatic heterocycles. The number of nitrogens with one attached hydrogen (secondary N) is 2. The summed E-state index contributed by atoms with van der Waals surface area (Å²) in [6.45, 7) is 7.37. The Kier molecular flexibility index (Phi) is 10.9. The number of halogens is 3. The summed E-state index contributed by atoms with van der Waals surface area (Å²) >= 11 is 18.4. The summed E-state index contributed by atoms with van der Waals surface area (Å²) < 4.78 is 4.59. The molecule has 1 saturated carbocycles. The number of hydrogen-bond acceptors (Lipinski definition) is 4. The van der Waals surface area contributed by atoms with E-state index in [9.17, 15) is 14.4 Å². The summed E-state index contributed by atoms with van der Waals surface area (Å²) in [6, 6.07) is 10.1. The first-order valence-corrected chi connectivity index (χ1v) is 14.2. The SMILES string of the molecule is COC(=O)CCNC(=O)c1ccc(CN(C(=O)Nc2cc(Cl)c(Cl)c(Cl)c2)C2CCC(C(C)(C)C)CC2)cc1. The maximum absolute atomic E-state index is 13.6. The molecule has 0 spiro atoms. The van der Waals surface area contributed by atoms with Crippen LogP contribution in [0.5, 0.6) is 0 Å². The highest BCUT2D eigenvalue weighted by molar-refractivity contribution is 6.48. The van der Waals surface area contributed by atoms with Crippen molar-refractivity contribution in [2.24, 2.45) is 11.3 Å². The number of carbonyl (C=O) groups excluding carboxylic acids is 3. The Morgan fingerprint density at radius 2 is 1.56 bits per heavy atom. The molecule has 0 radical (unpaired) electrons. The fraction of sp³-hybridized carbons (Fsp3) is 0.483. The van der Waals surface area contributed by atoms with E-state index in [1.165, 1.54) is 7.11 Å². The van der Waals surface area contributed by atoms with Crippen LogP contribution in [-0.4, -0.2) is 42.5 Å². The molecule has 0 atom stereocenters. The van der Waals surface area contributed by atoms with E-state index >= 15 is 0 Å². The average Bonchev–Trinajstić information content (AvgIpc) is 2.90. The number of rotatable bonds is 8. The summed E-state index contributed by atoms with van der Waals surface area (Å²) in [6.07, 6.45) is 3.99. The van der Waals surface area contributed by atoms with E-state index in [-0.39, 0.29) is 57.4 Å². The van der Waals surface area contributed by atoms with Gasteiger partial charge in [-0.05, 0) is 66.8 Å². The minimum Gasteiger partial charge on any atom is -0.469 e. The second kappa shape index (κ2) is 13.7. The van der Waals surface area contributed by atoms with Gasteiger partial charge in [0.25, 0.3) is 5.91 Å². The number of ether oxygens (including phenoxy) is 1. The Hall–Kier alpha value is -2.48. The molecule has 0 aliphatic heterocycles. The van der Waals surface area contributed by atoms with Gasteiger partial charge in [0, 0.05) is 30.4 Å². The average molecular weight is 597 g/mol. The molecule has 0 saturated heterocycles. The van der Waals surface area contributed by atoms with Crippen molar-refractivity contribution < 1.29 is 19.1 Å². The van der Waals surface area contributed by atoms with Gasteiger partial charge in [-0.15, -0.1) is 0 Å². The lowest BCUT2D eigenvalue weighted by atomic mass is 9.71. The van der Waals surface area contributed by atoms with Crippen molar-refractivity contribution >= 4 is 58.4 Å². The van der Waals surface area contributed by atoms with Crippen LogP contribution in [0, 0.1) is 11.3 Å². The first kappa shape index (κ1) is 31.1. The molecule has 7 nitrogen and oxygen atoms in total. The lowest BCUT2D eigenvalue weighted by Crippen LogP contribution is -2.45. The minimum absolute atomic E-state index is 0.0585. The first-order chi connectivity index (χ1) is 18.4. The molecule has 2 aromatic carbocycles. The molecule has 1 aliphatic rings. The molecule has 3 rings (SSSR count). The molecule has 0 unspecified atom stereocenters. The largest absolute Gasteiger partial charge is 0.469 e. The van der Waals surface area contributed by atoms with E-state index < -0.39 is 0 Å². The van der Waals surface area contributed by atoms with Crippen molar-refractivity contribution in [3.8, 4) is 0 Å². The van der Waals surface area contributed by atoms with Crippen LogP contribution in [0.3, 0.4) is 0 Å². The zero-order valence-electron chi connectivity index (χ0n) is 22.8. The lowest BCUT2D eigenvalue weighted by molar-refractivity contribution is -0.140. The molecule has 0 heterocycles. The molecule has 10 heteroatoms. The highest BCUT2D eigenvalue weighted by atomic mass is 35.5. The summed E-state index contributed by atoms with van der Waals surface area (Å²) in [5, 5.41) is 6.40. The van der Waals surface area contributed by atoms with Gasteiger partial charge in [0.1, 0.15) is 0 Å². The Morgan fingerprint density at radius 1 is 0.974 bits per heavy atom. The fourth-order valence-corrected chi connectivity index (χ4v) is 5.48. The zero-order valence-corrected chi connectivity index (χ0v) is 25.1. The smallest absolute Gasteiger partial charge is 0.322 e. The van der Waals surface area contributed by atoms with Gasteiger partial charge in [-0.2, -0.15) is 0 Å². The molecule has 39 heavy (non-hydrogen) atoms. The number of nitrogens with zero attached hydrogens (tertiary/aromatic N) is 1. The van der Waals surface area contributed by atoms with Gasteiger partial charge in [0.05, 0.1) is 28.6 Å². The van der Waals surface area contributed by atoms with Crippen LogP contribution in [-0.2, 0) is 16.1 Å². The van der Waals surface area contributed by atoms with Crippen LogP contribution >= 0.6 is 34.8 Å². The van der Waals surface area contributed by atoms with E-state index in [0.717, 1.165) is 31.2 Å². The van der Waals surface area contributed by atoms with Crippen LogP contribution in [0.25, 0.3) is 0 Å². The molecule has 0 bridgehead atoms. The highest BCUT2D eigenvalue weighted by Gasteiger charge is 2.34. The van der Waals surface area contributed by atoms with Crippen molar-refractivity contribution in [3.63, 3.8) is 0 Å². The Balaban J connectivity index is 1.74. The van der Waals surface area contributed by atoms with Gasteiger partial charge in [-0.25, -0.2) is 4.79 Å². The third kappa shape index (κ3) is 8.75. The molecule has 212 valence electrons. The predicted molar refractivity (Wildman–Crippen MR) is 157 cm³/mol. The topological polar surface area (TPSA) is 87.7 Å². The Morgan fingerprint density at radius 3 is 2.10 bits per heavy atom. The number of urea groups is 1. The van der Waals surface area contributed by atoms with Crippen LogP contribution in [0.4, 0.5) is 10.5 Å². The van der Waals surface area contributed by atoms with Crippen LogP contribution in [0.15, 0.2) is 36.4 Å². The van der Waals surface area contributed by atoms with E-state index in [1.54, 1.807) is 24.3 Å². The molecule has 2 aromatic rings. The van der Waals surface area contributed by atoms with Crippen LogP contribution < -0.4 is 10.6 Å². The standard InChI is InChI=1S/C29H36Cl3N3O4/c1-29(2,3)20-9-11-22(12-10-20)35(28(38)34-21-15-23(30)26(32)24(31)16-21)17-18-5-7-19(8-6-18)27(37)33-14-13-25(36)39-4/h5-8,15-16,20,22H,9-14,17H2,1-4H3,(H,33,37)(H,34,38). The number of benzene rings is 2. The third-order valence-corrected chi connectivity index (χ3v) is 8.47. The first-order valence-electron chi connectivity index (χ1n) is 13.0. The lowest BCUT2D eigenvalue weighted by Gasteiger charge is -2.41. The molecule has 2 N–H and O–H groups in total. The van der Waals surface area contributed by atoms with Crippen molar-refractivity contribution in [1.82, 2.24) is 10.2 Å². The second-order valence-electron chi connectivity index (χ2n) is 11.0. The van der Waals surface area contributed by atoms with E-state index in [2.05, 4.69) is 36.1 Å². The van der Waals surface area contributed by atoms with Gasteiger partial charge >= 0.3 is 12.0 Å². The summed E-state index contributed by atoms with van der Waals surface area (Å²) in [7, 11) is 1.31. The van der Waals surface area contributed by atoms with Crippen LogP contribution in [0.2, 0.25) is 15.1 Å². The van der Waals surface area contributed by atoms with Gasteiger partial charge in [0.2, 0.25) is 0 Å². The monoisotopic (exact) mass is 595 g/mol. The highest BCUT2D eigenvalue weighted by Crippen LogP contribution is 2.39. The van der Waals surface area contributed by atoms with Gasteiger partial charge in [0.15, 0.2) is 0 Å².